The zero-order valence-electron chi connectivity index (χ0n) is 12.6. The van der Waals surface area contributed by atoms with Crippen molar-refractivity contribution >= 4 is 11.5 Å². The summed E-state index contributed by atoms with van der Waals surface area (Å²) in [5.74, 6) is 1.38. The van der Waals surface area contributed by atoms with Gasteiger partial charge in [-0.2, -0.15) is 4.52 Å². The molecule has 1 fully saturated rings. The first-order valence-electron chi connectivity index (χ1n) is 7.70. The molecule has 0 aliphatic carbocycles. The number of nitrogens with zero attached hydrogens (tertiary/aromatic N) is 7. The summed E-state index contributed by atoms with van der Waals surface area (Å²) in [6, 6.07) is 6.15. The molecule has 4 heterocycles. The molecule has 118 valence electrons. The lowest BCUT2D eigenvalue weighted by Crippen LogP contribution is -2.38. The minimum absolute atomic E-state index is 0.436. The number of ether oxygens (including phenoxy) is 1. The van der Waals surface area contributed by atoms with Gasteiger partial charge in [0.15, 0.2) is 5.65 Å². The van der Waals surface area contributed by atoms with Crippen molar-refractivity contribution in [2.45, 2.75) is 12.8 Å². The van der Waals surface area contributed by atoms with Crippen LogP contribution in [-0.4, -0.2) is 49.5 Å². The summed E-state index contributed by atoms with van der Waals surface area (Å²) in [4.78, 5) is 10.5. The SMILES string of the molecule is c1cnc(OCC2CCCN(c3ccc4nncn4n3)C2)nc1. The highest BCUT2D eigenvalue weighted by Crippen LogP contribution is 2.22. The standard InChI is InChI=1S/C15H17N7O/c1-3-12(10-23-15-16-6-2-7-17-15)9-21(8-1)14-5-4-13-19-18-11-22(13)20-14/h2,4-7,11-12H,1,3,8-10H2. The van der Waals surface area contributed by atoms with Crippen LogP contribution in [0, 0.1) is 5.92 Å². The summed E-state index contributed by atoms with van der Waals surface area (Å²) >= 11 is 0. The Morgan fingerprint density at radius 3 is 3.04 bits per heavy atom. The Kier molecular flexibility index (Phi) is 3.71. The van der Waals surface area contributed by atoms with Crippen molar-refractivity contribution in [1.82, 2.24) is 29.8 Å². The van der Waals surface area contributed by atoms with E-state index in [4.69, 9.17) is 4.74 Å². The van der Waals surface area contributed by atoms with Crippen molar-refractivity contribution in [3.8, 4) is 6.01 Å². The predicted molar refractivity (Wildman–Crippen MR) is 83.2 cm³/mol. The molecule has 0 bridgehead atoms. The van der Waals surface area contributed by atoms with E-state index in [0.29, 0.717) is 18.5 Å². The van der Waals surface area contributed by atoms with Gasteiger partial charge < -0.3 is 9.64 Å². The van der Waals surface area contributed by atoms with E-state index in [2.05, 4.69) is 30.2 Å². The Hall–Kier alpha value is -2.77. The first-order valence-corrected chi connectivity index (χ1v) is 7.70. The minimum Gasteiger partial charge on any atom is -0.463 e. The molecule has 1 aliphatic heterocycles. The smallest absolute Gasteiger partial charge is 0.316 e. The van der Waals surface area contributed by atoms with E-state index in [1.165, 1.54) is 0 Å². The van der Waals surface area contributed by atoms with Gasteiger partial charge in [-0.15, -0.1) is 15.3 Å². The second kappa shape index (κ2) is 6.15. The number of anilines is 1. The summed E-state index contributed by atoms with van der Waals surface area (Å²) in [6.07, 6.45) is 7.25. The fraction of sp³-hybridized carbons (Fsp3) is 0.400. The van der Waals surface area contributed by atoms with Crippen molar-refractivity contribution in [3.05, 3.63) is 36.9 Å². The third-order valence-electron chi connectivity index (χ3n) is 3.98. The van der Waals surface area contributed by atoms with Crippen LogP contribution < -0.4 is 9.64 Å². The van der Waals surface area contributed by atoms with Crippen LogP contribution in [0.1, 0.15) is 12.8 Å². The monoisotopic (exact) mass is 311 g/mol. The van der Waals surface area contributed by atoms with Crippen molar-refractivity contribution in [2.24, 2.45) is 5.92 Å². The molecule has 8 heteroatoms. The number of rotatable bonds is 4. The minimum atomic E-state index is 0.436. The number of hydrogen-bond donors (Lipinski definition) is 0. The number of hydrogen-bond acceptors (Lipinski definition) is 7. The van der Waals surface area contributed by atoms with Gasteiger partial charge in [0.1, 0.15) is 12.1 Å². The molecule has 0 aromatic carbocycles. The summed E-state index contributed by atoms with van der Waals surface area (Å²) in [7, 11) is 0. The fourth-order valence-electron chi connectivity index (χ4n) is 2.85. The van der Waals surface area contributed by atoms with Gasteiger partial charge in [0.05, 0.1) is 6.61 Å². The molecule has 8 nitrogen and oxygen atoms in total. The molecule has 4 rings (SSSR count). The van der Waals surface area contributed by atoms with Gasteiger partial charge in [-0.3, -0.25) is 0 Å². The second-order valence-electron chi connectivity index (χ2n) is 5.62. The molecule has 1 saturated heterocycles. The van der Waals surface area contributed by atoms with E-state index in [-0.39, 0.29) is 0 Å². The Morgan fingerprint density at radius 2 is 2.13 bits per heavy atom. The van der Waals surface area contributed by atoms with Crippen molar-refractivity contribution in [3.63, 3.8) is 0 Å². The summed E-state index contributed by atoms with van der Waals surface area (Å²) in [6.45, 7) is 2.53. The van der Waals surface area contributed by atoms with Gasteiger partial charge in [-0.05, 0) is 31.0 Å². The Morgan fingerprint density at radius 1 is 1.22 bits per heavy atom. The molecule has 3 aromatic heterocycles. The van der Waals surface area contributed by atoms with E-state index in [0.717, 1.165) is 37.4 Å². The highest BCUT2D eigenvalue weighted by molar-refractivity contribution is 5.45. The zero-order chi connectivity index (χ0) is 15.5. The molecule has 0 radical (unpaired) electrons. The molecule has 0 amide bonds. The van der Waals surface area contributed by atoms with Crippen LogP contribution in [0.15, 0.2) is 36.9 Å². The van der Waals surface area contributed by atoms with E-state index in [1.54, 1.807) is 29.3 Å². The third kappa shape index (κ3) is 3.05. The molecule has 0 N–H and O–H groups in total. The zero-order valence-corrected chi connectivity index (χ0v) is 12.6. The molecule has 1 unspecified atom stereocenters. The lowest BCUT2D eigenvalue weighted by Gasteiger charge is -2.33. The quantitative estimate of drug-likeness (QED) is 0.716. The largest absolute Gasteiger partial charge is 0.463 e. The maximum absolute atomic E-state index is 5.69. The maximum Gasteiger partial charge on any atom is 0.316 e. The Labute approximate surface area is 133 Å². The van der Waals surface area contributed by atoms with Crippen LogP contribution in [0.2, 0.25) is 0 Å². The molecule has 1 atom stereocenters. The summed E-state index contributed by atoms with van der Waals surface area (Å²) in [5, 5.41) is 12.4. The lowest BCUT2D eigenvalue weighted by molar-refractivity contribution is 0.213. The average Bonchev–Trinajstić information content (AvgIpc) is 3.09. The van der Waals surface area contributed by atoms with Crippen LogP contribution in [0.25, 0.3) is 5.65 Å². The molecule has 1 aliphatic rings. The van der Waals surface area contributed by atoms with Gasteiger partial charge in [-0.25, -0.2) is 9.97 Å². The molecule has 0 saturated carbocycles. The van der Waals surface area contributed by atoms with Gasteiger partial charge in [0.2, 0.25) is 0 Å². The highest BCUT2D eigenvalue weighted by Gasteiger charge is 2.22. The highest BCUT2D eigenvalue weighted by atomic mass is 16.5. The van der Waals surface area contributed by atoms with Crippen LogP contribution in [0.5, 0.6) is 6.01 Å². The Balaban J connectivity index is 1.42. The van der Waals surface area contributed by atoms with Crippen molar-refractivity contribution in [2.75, 3.05) is 24.6 Å². The average molecular weight is 311 g/mol. The third-order valence-corrected chi connectivity index (χ3v) is 3.98. The molecule has 3 aromatic rings. The maximum atomic E-state index is 5.69. The van der Waals surface area contributed by atoms with E-state index >= 15 is 0 Å². The van der Waals surface area contributed by atoms with Crippen molar-refractivity contribution < 1.29 is 4.74 Å². The topological polar surface area (TPSA) is 81.3 Å². The fourth-order valence-corrected chi connectivity index (χ4v) is 2.85. The summed E-state index contributed by atoms with van der Waals surface area (Å²) < 4.78 is 7.39. The van der Waals surface area contributed by atoms with Crippen LogP contribution in [0.3, 0.4) is 0 Å². The van der Waals surface area contributed by atoms with Crippen molar-refractivity contribution in [1.29, 1.82) is 0 Å². The first kappa shape index (κ1) is 13.9. The van der Waals surface area contributed by atoms with E-state index in [9.17, 15) is 0 Å². The number of piperidine rings is 1. The number of aromatic nitrogens is 6. The summed E-state index contributed by atoms with van der Waals surface area (Å²) in [5.41, 5.74) is 0.756. The van der Waals surface area contributed by atoms with Gasteiger partial charge in [-0.1, -0.05) is 0 Å². The van der Waals surface area contributed by atoms with Gasteiger partial charge >= 0.3 is 6.01 Å². The molecule has 0 spiro atoms. The number of fused-ring (bicyclic) bond motifs is 1. The molecule has 23 heavy (non-hydrogen) atoms. The predicted octanol–water partition coefficient (Wildman–Crippen LogP) is 1.21. The normalized spacial score (nSPS) is 18.3. The van der Waals surface area contributed by atoms with Gasteiger partial charge in [0, 0.05) is 31.4 Å². The van der Waals surface area contributed by atoms with Crippen LogP contribution >= 0.6 is 0 Å². The van der Waals surface area contributed by atoms with Gasteiger partial charge in [0.25, 0.3) is 0 Å². The van der Waals surface area contributed by atoms with E-state index in [1.807, 2.05) is 12.1 Å². The first-order chi connectivity index (χ1) is 11.4. The Bertz CT molecular complexity index is 776. The van der Waals surface area contributed by atoms with Crippen LogP contribution in [0.4, 0.5) is 5.82 Å². The van der Waals surface area contributed by atoms with Crippen LogP contribution in [-0.2, 0) is 0 Å². The molecular formula is C15H17N7O. The van der Waals surface area contributed by atoms with E-state index < -0.39 is 0 Å². The lowest BCUT2D eigenvalue weighted by atomic mass is 9.99. The molecular weight excluding hydrogens is 294 g/mol. The second-order valence-corrected chi connectivity index (χ2v) is 5.62.